The standard InChI is InChI=1S/C18H28N4O3S2/c1-13-11-26-17(20-13)14(2)21(3)10-16-9-19-18(22(16)7-8-25-4)27(23,24)12-15-5-6-15/h9,11,14-15H,5-8,10,12H2,1-4H3/t14-/m1/s1. The van der Waals surface area contributed by atoms with Crippen LogP contribution in [0.1, 0.15) is 42.2 Å². The summed E-state index contributed by atoms with van der Waals surface area (Å²) in [5, 5.41) is 3.28. The zero-order valence-corrected chi connectivity index (χ0v) is 18.0. The molecule has 0 radical (unpaired) electrons. The number of aryl methyl sites for hydroxylation is 1. The first-order valence-electron chi connectivity index (χ1n) is 9.20. The molecular formula is C18H28N4O3S2. The molecule has 9 heteroatoms. The maximum Gasteiger partial charge on any atom is 0.227 e. The maximum absolute atomic E-state index is 12.8. The summed E-state index contributed by atoms with van der Waals surface area (Å²) >= 11 is 1.65. The van der Waals surface area contributed by atoms with Crippen LogP contribution >= 0.6 is 11.3 Å². The molecule has 3 rings (SSSR count). The third-order valence-electron chi connectivity index (χ3n) is 4.92. The van der Waals surface area contributed by atoms with E-state index in [1.165, 1.54) is 0 Å². The highest BCUT2D eigenvalue weighted by Crippen LogP contribution is 2.32. The van der Waals surface area contributed by atoms with E-state index in [9.17, 15) is 8.42 Å². The number of rotatable bonds is 10. The summed E-state index contributed by atoms with van der Waals surface area (Å²) < 4.78 is 32.5. The van der Waals surface area contributed by atoms with E-state index in [-0.39, 0.29) is 17.0 Å². The van der Waals surface area contributed by atoms with Crippen molar-refractivity contribution in [1.82, 2.24) is 19.4 Å². The van der Waals surface area contributed by atoms with Gasteiger partial charge < -0.3 is 9.30 Å². The van der Waals surface area contributed by atoms with Gasteiger partial charge in [-0.3, -0.25) is 4.90 Å². The van der Waals surface area contributed by atoms with Crippen LogP contribution in [0.5, 0.6) is 0 Å². The molecule has 1 fully saturated rings. The number of imidazole rings is 1. The predicted molar refractivity (Wildman–Crippen MR) is 106 cm³/mol. The number of sulfone groups is 1. The second-order valence-electron chi connectivity index (χ2n) is 7.32. The molecule has 27 heavy (non-hydrogen) atoms. The molecule has 1 aliphatic carbocycles. The van der Waals surface area contributed by atoms with Gasteiger partial charge in [0, 0.05) is 31.3 Å². The monoisotopic (exact) mass is 412 g/mol. The highest BCUT2D eigenvalue weighted by molar-refractivity contribution is 7.91. The summed E-state index contributed by atoms with van der Waals surface area (Å²) in [6, 6.07) is 0.140. The first kappa shape index (κ1) is 20.4. The van der Waals surface area contributed by atoms with E-state index in [0.717, 1.165) is 29.2 Å². The van der Waals surface area contributed by atoms with Crippen LogP contribution in [0.2, 0.25) is 0 Å². The molecule has 0 aliphatic heterocycles. The predicted octanol–water partition coefficient (Wildman–Crippen LogP) is 2.67. The lowest BCUT2D eigenvalue weighted by Gasteiger charge is -2.23. The number of hydrogen-bond acceptors (Lipinski definition) is 7. The average molecular weight is 413 g/mol. The van der Waals surface area contributed by atoms with Gasteiger partial charge in [-0.05, 0) is 39.7 Å². The Morgan fingerprint density at radius 3 is 2.78 bits per heavy atom. The number of aromatic nitrogens is 3. The Balaban J connectivity index is 1.81. The van der Waals surface area contributed by atoms with Crippen LogP contribution in [0.3, 0.4) is 0 Å². The van der Waals surface area contributed by atoms with E-state index in [4.69, 9.17) is 4.74 Å². The zero-order valence-electron chi connectivity index (χ0n) is 16.4. The van der Waals surface area contributed by atoms with Crippen molar-refractivity contribution in [2.24, 2.45) is 5.92 Å². The van der Waals surface area contributed by atoms with Gasteiger partial charge in [0.05, 0.1) is 30.3 Å². The third kappa shape index (κ3) is 4.96. The molecule has 1 saturated carbocycles. The second kappa shape index (κ2) is 8.38. The van der Waals surface area contributed by atoms with E-state index in [1.807, 2.05) is 19.4 Å². The van der Waals surface area contributed by atoms with Crippen LogP contribution in [0.4, 0.5) is 0 Å². The highest BCUT2D eigenvalue weighted by atomic mass is 32.2. The summed E-state index contributed by atoms with van der Waals surface area (Å²) in [6.07, 6.45) is 3.68. The van der Waals surface area contributed by atoms with Crippen LogP contribution in [-0.2, 0) is 27.7 Å². The summed E-state index contributed by atoms with van der Waals surface area (Å²) in [4.78, 5) is 11.0. The topological polar surface area (TPSA) is 77.3 Å². The Morgan fingerprint density at radius 1 is 1.44 bits per heavy atom. The van der Waals surface area contributed by atoms with Crippen molar-refractivity contribution in [3.63, 3.8) is 0 Å². The van der Waals surface area contributed by atoms with Crippen molar-refractivity contribution in [3.05, 3.63) is 28.0 Å². The van der Waals surface area contributed by atoms with Gasteiger partial charge in [-0.2, -0.15) is 0 Å². The number of thiazole rings is 1. The quantitative estimate of drug-likeness (QED) is 0.597. The number of hydrogen-bond donors (Lipinski definition) is 0. The molecule has 0 bridgehead atoms. The molecule has 0 unspecified atom stereocenters. The Labute approximate surface area is 165 Å². The van der Waals surface area contributed by atoms with Crippen LogP contribution in [-0.4, -0.2) is 54.4 Å². The lowest BCUT2D eigenvalue weighted by molar-refractivity contribution is 0.180. The lowest BCUT2D eigenvalue weighted by atomic mass is 10.3. The molecule has 0 N–H and O–H groups in total. The Hall–Kier alpha value is -1.29. The fourth-order valence-corrected chi connectivity index (χ4v) is 5.78. The number of ether oxygens (including phenoxy) is 1. The highest BCUT2D eigenvalue weighted by Gasteiger charge is 2.32. The SMILES string of the molecule is COCCn1c(CN(C)[C@H](C)c2nc(C)cs2)cnc1S(=O)(=O)CC1CC1. The van der Waals surface area contributed by atoms with Gasteiger partial charge in [-0.25, -0.2) is 18.4 Å². The fraction of sp³-hybridized carbons (Fsp3) is 0.667. The minimum Gasteiger partial charge on any atom is -0.383 e. The molecule has 0 saturated heterocycles. The summed E-state index contributed by atoms with van der Waals surface area (Å²) in [5.41, 5.74) is 1.90. The van der Waals surface area contributed by atoms with E-state index in [2.05, 4.69) is 21.8 Å². The molecule has 7 nitrogen and oxygen atoms in total. The smallest absolute Gasteiger partial charge is 0.227 e. The van der Waals surface area contributed by atoms with Gasteiger partial charge in [0.1, 0.15) is 5.01 Å². The van der Waals surface area contributed by atoms with Gasteiger partial charge >= 0.3 is 0 Å². The largest absolute Gasteiger partial charge is 0.383 e. The van der Waals surface area contributed by atoms with Crippen molar-refractivity contribution < 1.29 is 13.2 Å². The first-order valence-corrected chi connectivity index (χ1v) is 11.7. The average Bonchev–Trinajstić information content (AvgIpc) is 3.15. The van der Waals surface area contributed by atoms with Gasteiger partial charge in [-0.15, -0.1) is 11.3 Å². The number of nitrogens with zero attached hydrogens (tertiary/aromatic N) is 4. The van der Waals surface area contributed by atoms with Gasteiger partial charge in [0.25, 0.3) is 0 Å². The van der Waals surface area contributed by atoms with Gasteiger partial charge in [0.2, 0.25) is 15.0 Å². The van der Waals surface area contributed by atoms with E-state index >= 15 is 0 Å². The van der Waals surface area contributed by atoms with Crippen molar-refractivity contribution in [2.75, 3.05) is 26.5 Å². The van der Waals surface area contributed by atoms with Crippen LogP contribution < -0.4 is 0 Å². The Bertz CT molecular complexity index is 871. The minimum absolute atomic E-state index is 0.140. The Morgan fingerprint density at radius 2 is 2.19 bits per heavy atom. The molecule has 1 atom stereocenters. The fourth-order valence-electron chi connectivity index (χ4n) is 3.00. The molecule has 0 amide bonds. The van der Waals surface area contributed by atoms with E-state index in [1.54, 1.807) is 29.2 Å². The van der Waals surface area contributed by atoms with E-state index < -0.39 is 9.84 Å². The molecule has 2 aromatic heterocycles. The summed E-state index contributed by atoms with van der Waals surface area (Å²) in [5.74, 6) is 0.489. The second-order valence-corrected chi connectivity index (χ2v) is 10.1. The van der Waals surface area contributed by atoms with E-state index in [0.29, 0.717) is 25.6 Å². The molecule has 0 aromatic carbocycles. The maximum atomic E-state index is 12.8. The summed E-state index contributed by atoms with van der Waals surface area (Å²) in [6.45, 7) is 5.61. The first-order chi connectivity index (χ1) is 12.8. The van der Waals surface area contributed by atoms with Crippen molar-refractivity contribution in [3.8, 4) is 0 Å². The van der Waals surface area contributed by atoms with Crippen molar-refractivity contribution in [1.29, 1.82) is 0 Å². The third-order valence-corrected chi connectivity index (χ3v) is 7.84. The molecular weight excluding hydrogens is 384 g/mol. The van der Waals surface area contributed by atoms with Crippen LogP contribution in [0.25, 0.3) is 0 Å². The van der Waals surface area contributed by atoms with Crippen LogP contribution in [0.15, 0.2) is 16.7 Å². The van der Waals surface area contributed by atoms with Crippen molar-refractivity contribution in [2.45, 2.75) is 51.0 Å². The van der Waals surface area contributed by atoms with Gasteiger partial charge in [0.15, 0.2) is 0 Å². The van der Waals surface area contributed by atoms with Crippen LogP contribution in [0, 0.1) is 12.8 Å². The van der Waals surface area contributed by atoms with Crippen molar-refractivity contribution >= 4 is 21.2 Å². The Kier molecular flexibility index (Phi) is 6.35. The molecule has 0 spiro atoms. The lowest BCUT2D eigenvalue weighted by Crippen LogP contribution is -2.25. The summed E-state index contributed by atoms with van der Waals surface area (Å²) in [7, 11) is 0.266. The minimum atomic E-state index is -3.37. The number of methoxy groups -OCH3 is 1. The molecule has 150 valence electrons. The molecule has 1 aliphatic rings. The zero-order chi connectivity index (χ0) is 19.6. The molecule has 2 aromatic rings. The van der Waals surface area contributed by atoms with Gasteiger partial charge in [-0.1, -0.05) is 0 Å². The molecule has 2 heterocycles. The normalized spacial score (nSPS) is 16.2.